The van der Waals surface area contributed by atoms with Gasteiger partial charge in [0.1, 0.15) is 17.2 Å². The zero-order valence-electron chi connectivity index (χ0n) is 19.8. The summed E-state index contributed by atoms with van der Waals surface area (Å²) < 4.78 is 54.2. The van der Waals surface area contributed by atoms with E-state index in [9.17, 15) is 26.9 Å². The first-order valence-corrected chi connectivity index (χ1v) is 12.9. The number of carbonyl (C=O) groups is 2. The lowest BCUT2D eigenvalue weighted by Gasteiger charge is -2.34. The molecule has 1 fully saturated rings. The van der Waals surface area contributed by atoms with Crippen LogP contribution >= 0.6 is 0 Å². The number of nitrogens with one attached hydrogen (secondary N) is 1. The van der Waals surface area contributed by atoms with Gasteiger partial charge in [-0.15, -0.1) is 0 Å². The van der Waals surface area contributed by atoms with Gasteiger partial charge >= 0.3 is 0 Å². The summed E-state index contributed by atoms with van der Waals surface area (Å²) in [5, 5.41) is 2.70. The van der Waals surface area contributed by atoms with E-state index in [0.717, 1.165) is 6.07 Å². The molecule has 2 aromatic rings. The molecule has 2 aromatic carbocycles. The summed E-state index contributed by atoms with van der Waals surface area (Å²) >= 11 is 0. The van der Waals surface area contributed by atoms with Gasteiger partial charge < -0.3 is 10.2 Å². The summed E-state index contributed by atoms with van der Waals surface area (Å²) in [6, 6.07) is 10.1. The molecule has 0 saturated carbocycles. The number of hydrogen-bond acceptors (Lipinski definition) is 6. The highest BCUT2D eigenvalue weighted by Crippen LogP contribution is 2.32. The molecule has 0 aliphatic carbocycles. The Kier molecular flexibility index (Phi) is 7.10. The Morgan fingerprint density at radius 1 is 1.19 bits per heavy atom. The molecule has 2 aliphatic rings. The van der Waals surface area contributed by atoms with Crippen LogP contribution in [0.2, 0.25) is 0 Å². The van der Waals surface area contributed by atoms with Crippen LogP contribution in [0.1, 0.15) is 34.3 Å². The Bertz CT molecular complexity index is 1320. The van der Waals surface area contributed by atoms with E-state index in [1.807, 2.05) is 0 Å². The van der Waals surface area contributed by atoms with Crippen molar-refractivity contribution in [3.05, 3.63) is 65.0 Å². The third kappa shape index (κ3) is 5.09. The summed E-state index contributed by atoms with van der Waals surface area (Å²) in [5.74, 6) is -1.38. The summed E-state index contributed by atoms with van der Waals surface area (Å²) in [5.41, 5.74) is -0.240. The standard InChI is InChI=1S/C24H26F2N4O5S/c1-29(2)22(31)18-7-6-16(20(25)15-18)8-13-36(33,34)30-11-9-24(10-12-30)23(32)27-21(28-24)17-4-3-5-19(14-17)35-26/h3-7,14-15H,8-13H2,1-2H3,(H,27,28,32). The lowest BCUT2D eigenvalue weighted by atomic mass is 9.89. The van der Waals surface area contributed by atoms with Gasteiger partial charge in [0.05, 0.1) is 5.75 Å². The van der Waals surface area contributed by atoms with Crippen LogP contribution in [-0.2, 0) is 21.2 Å². The molecule has 0 unspecified atom stereocenters. The van der Waals surface area contributed by atoms with E-state index in [-0.39, 0.29) is 72.6 Å². The van der Waals surface area contributed by atoms with Crippen molar-refractivity contribution >= 4 is 27.7 Å². The molecular weight excluding hydrogens is 494 g/mol. The minimum Gasteiger partial charge on any atom is -0.345 e. The predicted molar refractivity (Wildman–Crippen MR) is 128 cm³/mol. The molecule has 0 bridgehead atoms. The van der Waals surface area contributed by atoms with Gasteiger partial charge in [-0.1, -0.05) is 18.2 Å². The van der Waals surface area contributed by atoms with Crippen molar-refractivity contribution in [3.63, 3.8) is 0 Å². The number of amidine groups is 1. The second-order valence-electron chi connectivity index (χ2n) is 9.02. The van der Waals surface area contributed by atoms with Crippen molar-refractivity contribution in [1.82, 2.24) is 14.5 Å². The van der Waals surface area contributed by atoms with Crippen molar-refractivity contribution < 1.29 is 31.9 Å². The number of rotatable bonds is 7. The van der Waals surface area contributed by atoms with Gasteiger partial charge in [0, 0.05) is 42.8 Å². The Morgan fingerprint density at radius 2 is 1.92 bits per heavy atom. The number of aryl methyl sites for hydroxylation is 1. The molecule has 0 atom stereocenters. The SMILES string of the molecule is CN(C)C(=O)c1ccc(CCS(=O)(=O)N2CCC3(CC2)N=C(c2cccc(OF)c2)NC3=O)c(F)c1. The van der Waals surface area contributed by atoms with Crippen molar-refractivity contribution in [3.8, 4) is 5.75 Å². The quantitative estimate of drug-likeness (QED) is 0.602. The van der Waals surface area contributed by atoms with Gasteiger partial charge in [-0.3, -0.25) is 19.5 Å². The van der Waals surface area contributed by atoms with E-state index < -0.39 is 21.4 Å². The van der Waals surface area contributed by atoms with Crippen molar-refractivity contribution in [2.24, 2.45) is 4.99 Å². The molecule has 192 valence electrons. The molecule has 2 amide bonds. The van der Waals surface area contributed by atoms with Crippen LogP contribution in [-0.4, -0.2) is 73.7 Å². The summed E-state index contributed by atoms with van der Waals surface area (Å²) in [6.07, 6.45) is 0.301. The van der Waals surface area contributed by atoms with E-state index in [0.29, 0.717) is 5.56 Å². The number of halogens is 2. The Balaban J connectivity index is 1.40. The highest BCUT2D eigenvalue weighted by atomic mass is 32.2. The number of amides is 2. The topological polar surface area (TPSA) is 108 Å². The van der Waals surface area contributed by atoms with E-state index >= 15 is 0 Å². The normalized spacial score (nSPS) is 17.6. The number of piperidine rings is 1. The summed E-state index contributed by atoms with van der Waals surface area (Å²) in [4.78, 5) is 34.3. The Morgan fingerprint density at radius 3 is 2.56 bits per heavy atom. The second kappa shape index (κ2) is 9.94. The average Bonchev–Trinajstić information content (AvgIpc) is 3.18. The van der Waals surface area contributed by atoms with Crippen LogP contribution in [0.15, 0.2) is 47.5 Å². The number of nitrogens with zero attached hydrogens (tertiary/aromatic N) is 3. The highest BCUT2D eigenvalue weighted by molar-refractivity contribution is 7.89. The summed E-state index contributed by atoms with van der Waals surface area (Å²) in [6.45, 7) is 0.165. The molecule has 2 aliphatic heterocycles. The fourth-order valence-corrected chi connectivity index (χ4v) is 5.80. The van der Waals surface area contributed by atoms with Gasteiger partial charge in [-0.2, -0.15) is 0 Å². The number of hydrogen-bond donors (Lipinski definition) is 1. The van der Waals surface area contributed by atoms with Crippen LogP contribution in [0.25, 0.3) is 0 Å². The predicted octanol–water partition coefficient (Wildman–Crippen LogP) is 2.07. The third-order valence-electron chi connectivity index (χ3n) is 6.46. The third-order valence-corrected chi connectivity index (χ3v) is 8.33. The minimum atomic E-state index is -3.72. The maximum atomic E-state index is 14.5. The fraction of sp³-hybridized carbons (Fsp3) is 0.375. The molecule has 1 saturated heterocycles. The molecule has 1 spiro atoms. The van der Waals surface area contributed by atoms with Crippen molar-refractivity contribution in [2.75, 3.05) is 32.9 Å². The Labute approximate surface area is 207 Å². The first kappa shape index (κ1) is 25.7. The van der Waals surface area contributed by atoms with Gasteiger partial charge in [0.2, 0.25) is 10.0 Å². The maximum absolute atomic E-state index is 14.5. The lowest BCUT2D eigenvalue weighted by molar-refractivity contribution is -0.124. The number of aliphatic imine (C=N–C) groups is 1. The second-order valence-corrected chi connectivity index (χ2v) is 11.1. The van der Waals surface area contributed by atoms with Crippen LogP contribution < -0.4 is 10.3 Å². The zero-order valence-corrected chi connectivity index (χ0v) is 20.6. The van der Waals surface area contributed by atoms with E-state index in [2.05, 4.69) is 15.3 Å². The van der Waals surface area contributed by atoms with Gasteiger partial charge in [-0.05, 0) is 49.1 Å². The van der Waals surface area contributed by atoms with Crippen molar-refractivity contribution in [2.45, 2.75) is 24.8 Å². The minimum absolute atomic E-state index is 0.0262. The molecule has 0 aromatic heterocycles. The van der Waals surface area contributed by atoms with Gasteiger partial charge in [0.15, 0.2) is 5.75 Å². The fourth-order valence-electron chi connectivity index (χ4n) is 4.33. The van der Waals surface area contributed by atoms with E-state index in [1.165, 1.54) is 33.5 Å². The van der Waals surface area contributed by atoms with Crippen LogP contribution in [0.4, 0.5) is 8.92 Å². The smallest absolute Gasteiger partial charge is 0.253 e. The largest absolute Gasteiger partial charge is 0.345 e. The molecular formula is C24H26F2N4O5S. The van der Waals surface area contributed by atoms with Crippen LogP contribution in [0, 0.1) is 5.82 Å². The molecule has 2 heterocycles. The highest BCUT2D eigenvalue weighted by Gasteiger charge is 2.47. The monoisotopic (exact) mass is 520 g/mol. The first-order valence-electron chi connectivity index (χ1n) is 11.3. The zero-order chi connectivity index (χ0) is 26.1. The molecule has 4 rings (SSSR count). The molecule has 12 heteroatoms. The van der Waals surface area contributed by atoms with E-state index in [4.69, 9.17) is 0 Å². The van der Waals surface area contributed by atoms with Gasteiger partial charge in [-0.25, -0.2) is 17.1 Å². The van der Waals surface area contributed by atoms with Crippen molar-refractivity contribution in [1.29, 1.82) is 0 Å². The number of carbonyl (C=O) groups excluding carboxylic acids is 2. The average molecular weight is 521 g/mol. The molecule has 0 radical (unpaired) electrons. The van der Waals surface area contributed by atoms with Gasteiger partial charge in [0.25, 0.3) is 11.8 Å². The first-order chi connectivity index (χ1) is 17.0. The van der Waals surface area contributed by atoms with Crippen LogP contribution in [0.3, 0.4) is 0 Å². The van der Waals surface area contributed by atoms with E-state index in [1.54, 1.807) is 26.2 Å². The molecule has 1 N–H and O–H groups in total. The summed E-state index contributed by atoms with van der Waals surface area (Å²) in [7, 11) is -0.605. The molecule has 9 nitrogen and oxygen atoms in total. The lowest BCUT2D eigenvalue weighted by Crippen LogP contribution is -2.50. The Hall–Kier alpha value is -3.38. The molecule has 36 heavy (non-hydrogen) atoms. The number of sulfonamides is 1. The maximum Gasteiger partial charge on any atom is 0.253 e. The van der Waals surface area contributed by atoms with Crippen LogP contribution in [0.5, 0.6) is 5.75 Å². The number of benzene rings is 2.